The third kappa shape index (κ3) is 4.02. The zero-order chi connectivity index (χ0) is 15.0. The summed E-state index contributed by atoms with van der Waals surface area (Å²) in [5.41, 5.74) is 3.10. The van der Waals surface area contributed by atoms with Gasteiger partial charge in [0.1, 0.15) is 0 Å². The molecular formula is C18H15N3S. The minimum Gasteiger partial charge on any atom is -0.219 e. The average molecular weight is 305 g/mol. The molecule has 0 aliphatic rings. The van der Waals surface area contributed by atoms with Gasteiger partial charge >= 0.3 is 0 Å². The molecule has 0 atom stereocenters. The van der Waals surface area contributed by atoms with Gasteiger partial charge < -0.3 is 0 Å². The van der Waals surface area contributed by atoms with Crippen LogP contribution in [0.1, 0.15) is 5.56 Å². The van der Waals surface area contributed by atoms with Crippen LogP contribution in [-0.2, 0) is 0 Å². The van der Waals surface area contributed by atoms with Gasteiger partial charge in [0, 0.05) is 11.3 Å². The highest BCUT2D eigenvalue weighted by molar-refractivity contribution is 7.99. The first-order valence-electron chi connectivity index (χ1n) is 7.01. The zero-order valence-corrected chi connectivity index (χ0v) is 12.8. The predicted octanol–water partition coefficient (Wildman–Crippen LogP) is 4.34. The number of rotatable bonds is 5. The molecule has 22 heavy (non-hydrogen) atoms. The van der Waals surface area contributed by atoms with E-state index in [0.717, 1.165) is 17.0 Å². The van der Waals surface area contributed by atoms with Crippen LogP contribution in [0.5, 0.6) is 0 Å². The smallest absolute Gasteiger partial charge is 0.209 e. The Kier molecular flexibility index (Phi) is 4.95. The second-order valence-corrected chi connectivity index (χ2v) is 5.60. The second-order valence-electron chi connectivity index (χ2n) is 4.61. The van der Waals surface area contributed by atoms with Crippen LogP contribution in [0, 0.1) is 0 Å². The normalized spacial score (nSPS) is 10.9. The van der Waals surface area contributed by atoms with Gasteiger partial charge in [-0.2, -0.15) is 5.10 Å². The number of benzene rings is 2. The summed E-state index contributed by atoms with van der Waals surface area (Å²) in [6.07, 6.45) is 5.90. The van der Waals surface area contributed by atoms with Crippen molar-refractivity contribution >= 4 is 17.8 Å². The summed E-state index contributed by atoms with van der Waals surface area (Å²) in [6.45, 7) is 0. The van der Waals surface area contributed by atoms with E-state index in [1.165, 1.54) is 5.56 Å². The van der Waals surface area contributed by atoms with Gasteiger partial charge in [0.25, 0.3) is 0 Å². The van der Waals surface area contributed by atoms with Gasteiger partial charge in [-0.05, 0) is 5.56 Å². The summed E-state index contributed by atoms with van der Waals surface area (Å²) in [5, 5.41) is 8.81. The lowest BCUT2D eigenvalue weighted by molar-refractivity contribution is 0.845. The Morgan fingerprint density at radius 3 is 2.41 bits per heavy atom. The van der Waals surface area contributed by atoms with E-state index in [2.05, 4.69) is 39.5 Å². The summed E-state index contributed by atoms with van der Waals surface area (Å²) in [6, 6.07) is 20.3. The standard InChI is InChI=1S/C18H15N3S/c1-3-8-15(9-4-1)10-7-13-22-18-20-17(14-19-21-18)16-11-5-2-6-12-16/h1-12,14H,13H2/b10-7+. The van der Waals surface area contributed by atoms with Gasteiger partial charge in [-0.3, -0.25) is 0 Å². The van der Waals surface area contributed by atoms with E-state index in [0.29, 0.717) is 5.16 Å². The molecule has 4 heteroatoms. The van der Waals surface area contributed by atoms with Crippen molar-refractivity contribution in [1.82, 2.24) is 15.2 Å². The average Bonchev–Trinajstić information content (AvgIpc) is 2.61. The van der Waals surface area contributed by atoms with E-state index in [4.69, 9.17) is 0 Å². The molecular weight excluding hydrogens is 290 g/mol. The van der Waals surface area contributed by atoms with E-state index < -0.39 is 0 Å². The second kappa shape index (κ2) is 7.52. The van der Waals surface area contributed by atoms with Crippen molar-refractivity contribution in [1.29, 1.82) is 0 Å². The lowest BCUT2D eigenvalue weighted by Gasteiger charge is -2.01. The number of thioether (sulfide) groups is 1. The SMILES string of the molecule is C(=C\c1ccccc1)/CSc1nncc(-c2ccccc2)n1. The van der Waals surface area contributed by atoms with Gasteiger partial charge in [0.05, 0.1) is 11.9 Å². The highest BCUT2D eigenvalue weighted by atomic mass is 32.2. The fourth-order valence-corrected chi connectivity index (χ4v) is 2.58. The molecule has 0 saturated carbocycles. The summed E-state index contributed by atoms with van der Waals surface area (Å²) in [7, 11) is 0. The summed E-state index contributed by atoms with van der Waals surface area (Å²) >= 11 is 1.58. The van der Waals surface area contributed by atoms with Crippen LogP contribution >= 0.6 is 11.8 Å². The lowest BCUT2D eigenvalue weighted by Crippen LogP contribution is -1.93. The van der Waals surface area contributed by atoms with E-state index in [-0.39, 0.29) is 0 Å². The van der Waals surface area contributed by atoms with Crippen molar-refractivity contribution < 1.29 is 0 Å². The molecule has 0 spiro atoms. The Hall–Kier alpha value is -2.46. The summed E-state index contributed by atoms with van der Waals surface area (Å²) in [4.78, 5) is 4.54. The van der Waals surface area contributed by atoms with Crippen LogP contribution in [0.3, 0.4) is 0 Å². The van der Waals surface area contributed by atoms with Crippen molar-refractivity contribution in [3.8, 4) is 11.3 Å². The number of nitrogens with zero attached hydrogens (tertiary/aromatic N) is 3. The molecule has 0 N–H and O–H groups in total. The Morgan fingerprint density at radius 1 is 0.909 bits per heavy atom. The van der Waals surface area contributed by atoms with Crippen molar-refractivity contribution in [3.05, 3.63) is 78.5 Å². The molecule has 3 nitrogen and oxygen atoms in total. The highest BCUT2D eigenvalue weighted by Gasteiger charge is 2.02. The number of hydrogen-bond acceptors (Lipinski definition) is 4. The van der Waals surface area contributed by atoms with Crippen LogP contribution in [-0.4, -0.2) is 20.9 Å². The fourth-order valence-electron chi connectivity index (χ4n) is 1.97. The summed E-state index contributed by atoms with van der Waals surface area (Å²) in [5.74, 6) is 0.814. The zero-order valence-electron chi connectivity index (χ0n) is 12.0. The van der Waals surface area contributed by atoms with Crippen LogP contribution in [0.25, 0.3) is 17.3 Å². The Balaban J connectivity index is 1.63. The predicted molar refractivity (Wildman–Crippen MR) is 91.5 cm³/mol. The molecule has 0 bridgehead atoms. The molecule has 0 aliphatic carbocycles. The van der Waals surface area contributed by atoms with Gasteiger partial charge in [0.2, 0.25) is 5.16 Å². The third-order valence-corrected chi connectivity index (χ3v) is 3.82. The molecule has 0 saturated heterocycles. The molecule has 108 valence electrons. The third-order valence-electron chi connectivity index (χ3n) is 3.03. The van der Waals surface area contributed by atoms with Crippen molar-refractivity contribution in [2.45, 2.75) is 5.16 Å². The molecule has 0 aliphatic heterocycles. The van der Waals surface area contributed by atoms with Gasteiger partial charge in [-0.25, -0.2) is 4.98 Å². The quantitative estimate of drug-likeness (QED) is 0.657. The molecule has 0 radical (unpaired) electrons. The largest absolute Gasteiger partial charge is 0.219 e. The molecule has 3 rings (SSSR count). The number of hydrogen-bond donors (Lipinski definition) is 0. The van der Waals surface area contributed by atoms with E-state index in [1.807, 2.05) is 48.5 Å². The van der Waals surface area contributed by atoms with Crippen molar-refractivity contribution in [2.75, 3.05) is 5.75 Å². The maximum Gasteiger partial charge on any atom is 0.209 e. The molecule has 2 aromatic carbocycles. The molecule has 1 aromatic heterocycles. The molecule has 0 amide bonds. The van der Waals surface area contributed by atoms with Crippen molar-refractivity contribution in [2.24, 2.45) is 0 Å². The van der Waals surface area contributed by atoms with Crippen LogP contribution in [0.15, 0.2) is 78.1 Å². The lowest BCUT2D eigenvalue weighted by atomic mass is 10.2. The van der Waals surface area contributed by atoms with Crippen LogP contribution < -0.4 is 0 Å². The first-order chi connectivity index (χ1) is 10.9. The van der Waals surface area contributed by atoms with E-state index in [1.54, 1.807) is 18.0 Å². The topological polar surface area (TPSA) is 38.7 Å². The van der Waals surface area contributed by atoms with Crippen molar-refractivity contribution in [3.63, 3.8) is 0 Å². The van der Waals surface area contributed by atoms with Crippen LogP contribution in [0.2, 0.25) is 0 Å². The number of aromatic nitrogens is 3. The Morgan fingerprint density at radius 2 is 1.64 bits per heavy atom. The Labute approximate surface area is 134 Å². The maximum absolute atomic E-state index is 4.54. The summed E-state index contributed by atoms with van der Waals surface area (Å²) < 4.78 is 0. The fraction of sp³-hybridized carbons (Fsp3) is 0.0556. The molecule has 1 heterocycles. The minimum atomic E-state index is 0.694. The maximum atomic E-state index is 4.54. The molecule has 0 unspecified atom stereocenters. The van der Waals surface area contributed by atoms with E-state index in [9.17, 15) is 0 Å². The molecule has 3 aromatic rings. The minimum absolute atomic E-state index is 0.694. The van der Waals surface area contributed by atoms with Gasteiger partial charge in [-0.1, -0.05) is 84.6 Å². The first-order valence-corrected chi connectivity index (χ1v) is 8.00. The van der Waals surface area contributed by atoms with Gasteiger partial charge in [-0.15, -0.1) is 5.10 Å². The highest BCUT2D eigenvalue weighted by Crippen LogP contribution is 2.19. The van der Waals surface area contributed by atoms with Crippen LogP contribution in [0.4, 0.5) is 0 Å². The monoisotopic (exact) mass is 305 g/mol. The first kappa shape index (κ1) is 14.5. The van der Waals surface area contributed by atoms with Gasteiger partial charge in [0.15, 0.2) is 0 Å². The Bertz CT molecular complexity index is 743. The molecule has 0 fully saturated rings. The van der Waals surface area contributed by atoms with E-state index >= 15 is 0 Å².